The molecule has 0 amide bonds. The van der Waals surface area contributed by atoms with Crippen LogP contribution in [0, 0.1) is 13.8 Å². The number of para-hydroxylation sites is 1. The molecular weight excluding hydrogens is 222 g/mol. The van der Waals surface area contributed by atoms with Gasteiger partial charge < -0.3 is 0 Å². The molecule has 1 aromatic heterocycles. The molecule has 1 heterocycles. The second kappa shape index (κ2) is 3.91. The molecule has 2 nitrogen and oxygen atoms in total. The number of hydrogen-bond acceptors (Lipinski definition) is 2. The quantitative estimate of drug-likeness (QED) is 0.474. The lowest BCUT2D eigenvalue weighted by molar-refractivity contribution is 0.112. The van der Waals surface area contributed by atoms with Crippen LogP contribution in [0.2, 0.25) is 0 Å². The van der Waals surface area contributed by atoms with Crippen LogP contribution in [0.4, 0.5) is 0 Å². The van der Waals surface area contributed by atoms with E-state index in [1.807, 2.05) is 25.1 Å². The van der Waals surface area contributed by atoms with Crippen molar-refractivity contribution in [2.45, 2.75) is 13.8 Å². The third kappa shape index (κ3) is 1.50. The fraction of sp³-hybridized carbons (Fsp3) is 0.125. The Hall–Kier alpha value is -2.22. The first-order valence-corrected chi connectivity index (χ1v) is 5.95. The number of hydrogen-bond donors (Lipinski definition) is 0. The molecule has 0 aliphatic rings. The van der Waals surface area contributed by atoms with Crippen LogP contribution in [0.3, 0.4) is 0 Å². The average Bonchev–Trinajstić information content (AvgIpc) is 2.37. The number of aryl methyl sites for hydroxylation is 2. The van der Waals surface area contributed by atoms with Crippen LogP contribution in [0.15, 0.2) is 36.4 Å². The molecular formula is C16H13NO. The molecule has 3 aromatic rings. The molecule has 2 aromatic carbocycles. The third-order valence-electron chi connectivity index (χ3n) is 3.28. The second-order valence-corrected chi connectivity index (χ2v) is 4.64. The van der Waals surface area contributed by atoms with Crippen LogP contribution < -0.4 is 0 Å². The number of rotatable bonds is 1. The van der Waals surface area contributed by atoms with E-state index in [2.05, 4.69) is 30.1 Å². The molecule has 0 atom stereocenters. The molecule has 0 radical (unpaired) electrons. The molecule has 18 heavy (non-hydrogen) atoms. The van der Waals surface area contributed by atoms with E-state index in [9.17, 15) is 4.79 Å². The van der Waals surface area contributed by atoms with Crippen LogP contribution in [0.25, 0.3) is 21.7 Å². The molecule has 88 valence electrons. The maximum absolute atomic E-state index is 11.2. The lowest BCUT2D eigenvalue weighted by Gasteiger charge is -2.09. The van der Waals surface area contributed by atoms with E-state index in [4.69, 9.17) is 0 Å². The third-order valence-corrected chi connectivity index (χ3v) is 3.28. The maximum Gasteiger partial charge on any atom is 0.169 e. The highest BCUT2D eigenvalue weighted by atomic mass is 16.1. The number of carbonyl (C=O) groups excluding carboxylic acids is 1. The predicted octanol–water partition coefficient (Wildman–Crippen LogP) is 3.82. The Kier molecular flexibility index (Phi) is 2.37. The van der Waals surface area contributed by atoms with Gasteiger partial charge in [-0.05, 0) is 30.9 Å². The normalized spacial score (nSPS) is 11.0. The van der Waals surface area contributed by atoms with Crippen molar-refractivity contribution < 1.29 is 4.79 Å². The fourth-order valence-corrected chi connectivity index (χ4v) is 2.59. The van der Waals surface area contributed by atoms with E-state index in [0.29, 0.717) is 5.69 Å². The first kappa shape index (κ1) is 10.9. The molecule has 0 N–H and O–H groups in total. The molecule has 0 aliphatic heterocycles. The monoisotopic (exact) mass is 235 g/mol. The lowest BCUT2D eigenvalue weighted by atomic mass is 9.98. The maximum atomic E-state index is 11.2. The summed E-state index contributed by atoms with van der Waals surface area (Å²) in [5.41, 5.74) is 3.71. The van der Waals surface area contributed by atoms with Crippen LogP contribution in [0.5, 0.6) is 0 Å². The summed E-state index contributed by atoms with van der Waals surface area (Å²) in [5.74, 6) is 0. The van der Waals surface area contributed by atoms with Gasteiger partial charge in [0, 0.05) is 10.8 Å². The Labute approximate surface area is 105 Å². The van der Waals surface area contributed by atoms with E-state index in [1.54, 1.807) is 0 Å². The topological polar surface area (TPSA) is 30.0 Å². The zero-order valence-electron chi connectivity index (χ0n) is 10.4. The van der Waals surface area contributed by atoms with Gasteiger partial charge in [-0.15, -0.1) is 0 Å². The standard InChI is InChI=1S/C16H13NO/c1-10-7-11(2)16-13(8-10)12-5-3-4-6-14(12)17-15(16)9-18/h3-9H,1-2H3. The minimum Gasteiger partial charge on any atom is -0.296 e. The smallest absolute Gasteiger partial charge is 0.169 e. The van der Waals surface area contributed by atoms with E-state index in [1.165, 1.54) is 5.56 Å². The van der Waals surface area contributed by atoms with Gasteiger partial charge in [-0.2, -0.15) is 0 Å². The molecule has 0 saturated carbocycles. The zero-order valence-corrected chi connectivity index (χ0v) is 10.4. The summed E-state index contributed by atoms with van der Waals surface area (Å²) in [5, 5.41) is 3.18. The minimum absolute atomic E-state index is 0.529. The molecule has 0 unspecified atom stereocenters. The highest BCUT2D eigenvalue weighted by Gasteiger charge is 2.10. The molecule has 0 spiro atoms. The number of nitrogens with zero attached hydrogens (tertiary/aromatic N) is 1. The predicted molar refractivity (Wildman–Crippen MR) is 74.1 cm³/mol. The molecule has 3 rings (SSSR count). The van der Waals surface area contributed by atoms with E-state index in [-0.39, 0.29) is 0 Å². The first-order chi connectivity index (χ1) is 8.70. The van der Waals surface area contributed by atoms with Crippen LogP contribution in [-0.4, -0.2) is 11.3 Å². The zero-order chi connectivity index (χ0) is 12.7. The Morgan fingerprint density at radius 1 is 1.06 bits per heavy atom. The van der Waals surface area contributed by atoms with Gasteiger partial charge >= 0.3 is 0 Å². The van der Waals surface area contributed by atoms with Gasteiger partial charge in [0.05, 0.1) is 5.52 Å². The number of aldehydes is 1. The van der Waals surface area contributed by atoms with E-state index >= 15 is 0 Å². The fourth-order valence-electron chi connectivity index (χ4n) is 2.59. The van der Waals surface area contributed by atoms with Crippen molar-refractivity contribution in [1.29, 1.82) is 0 Å². The van der Waals surface area contributed by atoms with Gasteiger partial charge in [-0.1, -0.05) is 35.9 Å². The van der Waals surface area contributed by atoms with Crippen LogP contribution in [-0.2, 0) is 0 Å². The van der Waals surface area contributed by atoms with Crippen molar-refractivity contribution in [3.8, 4) is 0 Å². The molecule has 0 bridgehead atoms. The largest absolute Gasteiger partial charge is 0.296 e. The summed E-state index contributed by atoms with van der Waals surface area (Å²) >= 11 is 0. The number of carbonyl (C=O) groups is 1. The summed E-state index contributed by atoms with van der Waals surface area (Å²) in [6.45, 7) is 4.10. The SMILES string of the molecule is Cc1cc(C)c2c(C=O)nc3ccccc3c2c1. The van der Waals surface area contributed by atoms with Crippen molar-refractivity contribution in [2.24, 2.45) is 0 Å². The Balaban J connectivity index is 2.65. The molecule has 0 aliphatic carbocycles. The van der Waals surface area contributed by atoms with Gasteiger partial charge in [-0.25, -0.2) is 4.98 Å². The molecule has 0 saturated heterocycles. The summed E-state index contributed by atoms with van der Waals surface area (Å²) in [6.07, 6.45) is 0.844. The van der Waals surface area contributed by atoms with Gasteiger partial charge in [0.2, 0.25) is 0 Å². The first-order valence-electron chi connectivity index (χ1n) is 5.95. The highest BCUT2D eigenvalue weighted by molar-refractivity contribution is 6.12. The number of aromatic nitrogens is 1. The number of benzene rings is 2. The number of pyridine rings is 1. The van der Waals surface area contributed by atoms with Gasteiger partial charge in [0.15, 0.2) is 6.29 Å². The van der Waals surface area contributed by atoms with Crippen molar-refractivity contribution >= 4 is 28.0 Å². The van der Waals surface area contributed by atoms with Gasteiger partial charge in [-0.3, -0.25) is 4.79 Å². The van der Waals surface area contributed by atoms with Crippen molar-refractivity contribution in [1.82, 2.24) is 4.98 Å². The Morgan fingerprint density at radius 3 is 2.61 bits per heavy atom. The average molecular weight is 235 g/mol. The molecule has 2 heteroatoms. The van der Waals surface area contributed by atoms with Crippen LogP contribution in [0.1, 0.15) is 21.6 Å². The van der Waals surface area contributed by atoms with Gasteiger partial charge in [0.1, 0.15) is 5.69 Å². The molecule has 0 fully saturated rings. The van der Waals surface area contributed by atoms with Crippen LogP contribution >= 0.6 is 0 Å². The minimum atomic E-state index is 0.529. The Bertz CT molecular complexity index is 775. The lowest BCUT2D eigenvalue weighted by Crippen LogP contribution is -1.94. The highest BCUT2D eigenvalue weighted by Crippen LogP contribution is 2.29. The summed E-state index contributed by atoms with van der Waals surface area (Å²) in [6, 6.07) is 12.2. The summed E-state index contributed by atoms with van der Waals surface area (Å²) < 4.78 is 0. The van der Waals surface area contributed by atoms with Crippen molar-refractivity contribution in [2.75, 3.05) is 0 Å². The second-order valence-electron chi connectivity index (χ2n) is 4.64. The van der Waals surface area contributed by atoms with E-state index in [0.717, 1.165) is 33.5 Å². The number of fused-ring (bicyclic) bond motifs is 3. The van der Waals surface area contributed by atoms with Crippen molar-refractivity contribution in [3.63, 3.8) is 0 Å². The van der Waals surface area contributed by atoms with Crippen molar-refractivity contribution in [3.05, 3.63) is 53.2 Å². The Morgan fingerprint density at radius 2 is 1.83 bits per heavy atom. The summed E-state index contributed by atoms with van der Waals surface area (Å²) in [4.78, 5) is 15.7. The summed E-state index contributed by atoms with van der Waals surface area (Å²) in [7, 11) is 0. The van der Waals surface area contributed by atoms with Gasteiger partial charge in [0.25, 0.3) is 0 Å². The van der Waals surface area contributed by atoms with E-state index < -0.39 is 0 Å².